The van der Waals surface area contributed by atoms with Crippen molar-refractivity contribution in [1.82, 2.24) is 4.90 Å². The number of nitro groups is 1. The Labute approximate surface area is 137 Å². The maximum absolute atomic E-state index is 12.5. The number of nitrogens with zero attached hydrogens (tertiary/aromatic N) is 2. The van der Waals surface area contributed by atoms with E-state index in [4.69, 9.17) is 4.74 Å². The second-order valence-corrected chi connectivity index (χ2v) is 5.74. The van der Waals surface area contributed by atoms with Crippen molar-refractivity contribution in [1.29, 1.82) is 0 Å². The van der Waals surface area contributed by atoms with Crippen LogP contribution >= 0.6 is 0 Å². The van der Waals surface area contributed by atoms with Gasteiger partial charge in [0.15, 0.2) is 11.9 Å². The largest absolute Gasteiger partial charge is 0.485 e. The third-order valence-corrected chi connectivity index (χ3v) is 4.14. The smallest absolute Gasteiger partial charge is 0.414 e. The normalized spacial score (nSPS) is 18.3. The summed E-state index contributed by atoms with van der Waals surface area (Å²) in [5.74, 6) is -0.609. The summed E-state index contributed by atoms with van der Waals surface area (Å²) in [5.41, 5.74) is -0.121. The molecule has 0 spiro atoms. The Bertz CT molecular complexity index is 560. The maximum Gasteiger partial charge on any atom is 0.414 e. The first kappa shape index (κ1) is 18.5. The quantitative estimate of drug-likeness (QED) is 0.632. The van der Waals surface area contributed by atoms with Gasteiger partial charge < -0.3 is 9.84 Å². The highest BCUT2D eigenvalue weighted by molar-refractivity contribution is 5.45. The molecule has 1 aromatic carbocycles. The van der Waals surface area contributed by atoms with E-state index in [0.29, 0.717) is 19.6 Å². The van der Waals surface area contributed by atoms with Gasteiger partial charge in [-0.15, -0.1) is 0 Å². The molecule has 134 valence electrons. The molecule has 0 saturated carbocycles. The molecule has 0 aliphatic carbocycles. The van der Waals surface area contributed by atoms with Crippen molar-refractivity contribution < 1.29 is 27.9 Å². The minimum atomic E-state index is -4.58. The molecule has 0 radical (unpaired) electrons. The second-order valence-electron chi connectivity index (χ2n) is 5.74. The third kappa shape index (κ3) is 4.81. The number of hydrogen-bond acceptors (Lipinski definition) is 5. The lowest BCUT2D eigenvalue weighted by Crippen LogP contribution is -2.44. The Kier molecular flexibility index (Phi) is 6.00. The Balaban J connectivity index is 1.77. The number of hydrogen-bond donors (Lipinski definition) is 1. The van der Waals surface area contributed by atoms with Gasteiger partial charge in [-0.3, -0.25) is 15.0 Å². The average Bonchev–Trinajstić information content (AvgIpc) is 2.54. The molecule has 1 aliphatic rings. The first-order valence-electron chi connectivity index (χ1n) is 7.62. The zero-order valence-electron chi connectivity index (χ0n) is 12.9. The van der Waals surface area contributed by atoms with E-state index in [2.05, 4.69) is 0 Å². The Morgan fingerprint density at radius 2 is 1.96 bits per heavy atom. The first-order chi connectivity index (χ1) is 11.3. The third-order valence-electron chi connectivity index (χ3n) is 4.14. The molecule has 1 heterocycles. The molecule has 0 bridgehead atoms. The number of benzene rings is 1. The molecule has 6 nitrogen and oxygen atoms in total. The molecule has 9 heteroatoms. The van der Waals surface area contributed by atoms with Crippen molar-refractivity contribution >= 4 is 5.69 Å². The summed E-state index contributed by atoms with van der Waals surface area (Å²) in [6.07, 6.45) is -6.34. The fraction of sp³-hybridized carbons (Fsp3) is 0.600. The van der Waals surface area contributed by atoms with Crippen LogP contribution in [-0.4, -0.2) is 53.5 Å². The number of para-hydroxylation sites is 2. The van der Waals surface area contributed by atoms with Gasteiger partial charge in [0.2, 0.25) is 0 Å². The van der Waals surface area contributed by atoms with Crippen molar-refractivity contribution in [3.05, 3.63) is 34.4 Å². The maximum atomic E-state index is 12.5. The average molecular weight is 348 g/mol. The van der Waals surface area contributed by atoms with E-state index in [9.17, 15) is 28.4 Å². The molecule has 1 atom stereocenters. The Hall–Kier alpha value is -1.87. The van der Waals surface area contributed by atoms with Crippen LogP contribution in [0.1, 0.15) is 12.8 Å². The summed E-state index contributed by atoms with van der Waals surface area (Å²) in [6.45, 7) is 1.52. The number of halogens is 3. The van der Waals surface area contributed by atoms with Crippen molar-refractivity contribution in [2.24, 2.45) is 5.92 Å². The molecule has 24 heavy (non-hydrogen) atoms. The Morgan fingerprint density at radius 3 is 2.54 bits per heavy atom. The number of aliphatic hydroxyl groups is 1. The summed E-state index contributed by atoms with van der Waals surface area (Å²) in [5, 5.41) is 20.1. The Morgan fingerprint density at radius 1 is 1.33 bits per heavy atom. The van der Waals surface area contributed by atoms with Gasteiger partial charge >= 0.3 is 11.9 Å². The summed E-state index contributed by atoms with van der Waals surface area (Å²) in [6, 6.07) is 6.03. The van der Waals surface area contributed by atoms with Crippen molar-refractivity contribution in [2.75, 3.05) is 26.2 Å². The molecule has 0 aromatic heterocycles. The lowest BCUT2D eigenvalue weighted by atomic mass is 9.91. The lowest BCUT2D eigenvalue weighted by Gasteiger charge is -2.34. The fourth-order valence-corrected chi connectivity index (χ4v) is 2.77. The minimum Gasteiger partial charge on any atom is -0.485 e. The number of rotatable bonds is 6. The van der Waals surface area contributed by atoms with E-state index in [1.165, 1.54) is 12.1 Å². The predicted molar refractivity (Wildman–Crippen MR) is 79.8 cm³/mol. The van der Waals surface area contributed by atoms with Crippen LogP contribution in [0.25, 0.3) is 0 Å². The molecule has 0 amide bonds. The molecule has 1 saturated heterocycles. The van der Waals surface area contributed by atoms with Crippen LogP contribution in [0.5, 0.6) is 5.75 Å². The van der Waals surface area contributed by atoms with E-state index in [0.717, 1.165) is 0 Å². The van der Waals surface area contributed by atoms with Crippen molar-refractivity contribution in [3.8, 4) is 5.75 Å². The predicted octanol–water partition coefficient (Wildman–Crippen LogP) is 2.61. The SMILES string of the molecule is O=[N+]([O-])c1ccccc1OCCN1CCC(C(O)C(F)(F)F)CC1. The highest BCUT2D eigenvalue weighted by Crippen LogP contribution is 2.31. The van der Waals surface area contributed by atoms with Crippen molar-refractivity contribution in [2.45, 2.75) is 25.1 Å². The zero-order chi connectivity index (χ0) is 17.7. The number of ether oxygens (including phenoxy) is 1. The number of aliphatic hydroxyl groups excluding tert-OH is 1. The summed E-state index contributed by atoms with van der Waals surface area (Å²) in [7, 11) is 0. The van der Waals surface area contributed by atoms with Gasteiger partial charge in [0.05, 0.1) is 4.92 Å². The molecule has 1 unspecified atom stereocenters. The highest BCUT2D eigenvalue weighted by Gasteiger charge is 2.44. The molecule has 1 aliphatic heterocycles. The fourth-order valence-electron chi connectivity index (χ4n) is 2.77. The van der Waals surface area contributed by atoms with Gasteiger partial charge in [0.25, 0.3) is 0 Å². The summed E-state index contributed by atoms with van der Waals surface area (Å²) in [4.78, 5) is 12.3. The lowest BCUT2D eigenvalue weighted by molar-refractivity contribution is -0.385. The van der Waals surface area contributed by atoms with Gasteiger partial charge in [-0.2, -0.15) is 13.2 Å². The minimum absolute atomic E-state index is 0.121. The molecular weight excluding hydrogens is 329 g/mol. The first-order valence-corrected chi connectivity index (χ1v) is 7.62. The second kappa shape index (κ2) is 7.80. The van der Waals surface area contributed by atoms with Gasteiger partial charge in [-0.1, -0.05) is 12.1 Å². The summed E-state index contributed by atoms with van der Waals surface area (Å²) >= 11 is 0. The zero-order valence-corrected chi connectivity index (χ0v) is 12.9. The molecule has 1 N–H and O–H groups in total. The van der Waals surface area contributed by atoms with E-state index >= 15 is 0 Å². The van der Waals surface area contributed by atoms with E-state index in [-0.39, 0.29) is 30.9 Å². The number of alkyl halides is 3. The van der Waals surface area contributed by atoms with E-state index in [1.807, 2.05) is 4.90 Å². The molecule has 1 fully saturated rings. The van der Waals surface area contributed by atoms with E-state index in [1.54, 1.807) is 12.1 Å². The van der Waals surface area contributed by atoms with Crippen LogP contribution < -0.4 is 4.74 Å². The van der Waals surface area contributed by atoms with Crippen LogP contribution in [-0.2, 0) is 0 Å². The van der Waals surface area contributed by atoms with Gasteiger partial charge in [-0.25, -0.2) is 0 Å². The van der Waals surface area contributed by atoms with Crippen molar-refractivity contribution in [3.63, 3.8) is 0 Å². The topological polar surface area (TPSA) is 75.8 Å². The van der Waals surface area contributed by atoms with Gasteiger partial charge in [-0.05, 0) is 37.9 Å². The van der Waals surface area contributed by atoms with Crippen LogP contribution in [0.4, 0.5) is 18.9 Å². The standard InChI is InChI=1S/C15H19F3N2O4/c16-15(17,18)14(21)11-5-7-19(8-6-11)9-10-24-13-4-2-1-3-12(13)20(22)23/h1-4,11,14,21H,5-10H2. The van der Waals surface area contributed by atoms with Crippen LogP contribution in [0, 0.1) is 16.0 Å². The van der Waals surface area contributed by atoms with Crippen LogP contribution in [0.15, 0.2) is 24.3 Å². The van der Waals surface area contributed by atoms with Crippen LogP contribution in [0.2, 0.25) is 0 Å². The summed E-state index contributed by atoms with van der Waals surface area (Å²) < 4.78 is 42.9. The monoisotopic (exact) mass is 348 g/mol. The highest BCUT2D eigenvalue weighted by atomic mass is 19.4. The van der Waals surface area contributed by atoms with Gasteiger partial charge in [0, 0.05) is 12.6 Å². The molecule has 2 rings (SSSR count). The number of piperidine rings is 1. The molecule has 1 aromatic rings. The van der Waals surface area contributed by atoms with E-state index < -0.39 is 23.1 Å². The molecular formula is C15H19F3N2O4. The van der Waals surface area contributed by atoms with Gasteiger partial charge in [0.1, 0.15) is 6.61 Å². The number of likely N-dealkylation sites (tertiary alicyclic amines) is 1. The number of nitro benzene ring substituents is 1. The van der Waals surface area contributed by atoms with Crippen LogP contribution in [0.3, 0.4) is 0 Å².